The third-order valence-electron chi connectivity index (χ3n) is 3.23. The fourth-order valence-electron chi connectivity index (χ4n) is 2.10. The Morgan fingerprint density at radius 1 is 1.31 bits per heavy atom. The number of ether oxygens (including phenoxy) is 1. The molecule has 0 aromatic heterocycles. The van der Waals surface area contributed by atoms with E-state index in [1.165, 1.54) is 5.57 Å². The van der Waals surface area contributed by atoms with E-state index in [-0.39, 0.29) is 5.60 Å². The van der Waals surface area contributed by atoms with Gasteiger partial charge in [0.15, 0.2) is 0 Å². The molecule has 0 spiro atoms. The van der Waals surface area contributed by atoms with Gasteiger partial charge in [0.05, 0.1) is 5.56 Å². The van der Waals surface area contributed by atoms with Crippen LogP contribution in [0.2, 0.25) is 0 Å². The first-order chi connectivity index (χ1) is 7.59. The number of aromatic hydroxyl groups is 1. The molecule has 0 fully saturated rings. The van der Waals surface area contributed by atoms with Crippen LogP contribution in [-0.4, -0.2) is 10.7 Å². The first kappa shape index (κ1) is 11.1. The van der Waals surface area contributed by atoms with Crippen LogP contribution in [0.25, 0.3) is 5.57 Å². The molecular formula is C14H18O2. The Hall–Kier alpha value is -1.44. The zero-order valence-corrected chi connectivity index (χ0v) is 10.1. The standard InChI is InChI=1S/C14H18O2/c1-4-10-9-14(3,5-2)16-12-8-6-7-11(15)13(10)12/h6-9,15H,4-5H2,1-3H3. The summed E-state index contributed by atoms with van der Waals surface area (Å²) < 4.78 is 5.95. The number of rotatable bonds is 2. The van der Waals surface area contributed by atoms with Crippen LogP contribution in [0.5, 0.6) is 11.5 Å². The predicted molar refractivity (Wildman–Crippen MR) is 65.7 cm³/mol. The summed E-state index contributed by atoms with van der Waals surface area (Å²) in [4.78, 5) is 0. The molecule has 0 saturated heterocycles. The van der Waals surface area contributed by atoms with E-state index in [0.29, 0.717) is 5.75 Å². The average Bonchev–Trinajstić information content (AvgIpc) is 2.28. The van der Waals surface area contributed by atoms with Crippen molar-refractivity contribution >= 4 is 5.57 Å². The van der Waals surface area contributed by atoms with E-state index in [0.717, 1.165) is 24.2 Å². The molecule has 2 rings (SSSR count). The molecule has 86 valence electrons. The lowest BCUT2D eigenvalue weighted by Gasteiger charge is -2.33. The summed E-state index contributed by atoms with van der Waals surface area (Å²) in [6.45, 7) is 6.29. The van der Waals surface area contributed by atoms with Crippen molar-refractivity contribution in [1.29, 1.82) is 0 Å². The normalized spacial score (nSPS) is 23.3. The quantitative estimate of drug-likeness (QED) is 0.819. The smallest absolute Gasteiger partial charge is 0.131 e. The summed E-state index contributed by atoms with van der Waals surface area (Å²) in [5, 5.41) is 9.88. The SMILES string of the molecule is CCC1=CC(C)(CC)Oc2cccc(O)c21. The van der Waals surface area contributed by atoms with E-state index in [1.54, 1.807) is 6.07 Å². The summed E-state index contributed by atoms with van der Waals surface area (Å²) >= 11 is 0. The lowest BCUT2D eigenvalue weighted by Crippen LogP contribution is -2.32. The van der Waals surface area contributed by atoms with E-state index in [9.17, 15) is 5.11 Å². The average molecular weight is 218 g/mol. The third-order valence-corrected chi connectivity index (χ3v) is 3.23. The zero-order valence-electron chi connectivity index (χ0n) is 10.1. The van der Waals surface area contributed by atoms with Crippen molar-refractivity contribution in [2.24, 2.45) is 0 Å². The minimum absolute atomic E-state index is 0.244. The highest BCUT2D eigenvalue weighted by Crippen LogP contribution is 2.42. The van der Waals surface area contributed by atoms with Gasteiger partial charge in [-0.3, -0.25) is 0 Å². The van der Waals surface area contributed by atoms with Gasteiger partial charge in [0.1, 0.15) is 17.1 Å². The third kappa shape index (κ3) is 1.69. The van der Waals surface area contributed by atoms with Crippen molar-refractivity contribution in [3.63, 3.8) is 0 Å². The van der Waals surface area contributed by atoms with E-state index >= 15 is 0 Å². The Morgan fingerprint density at radius 3 is 2.69 bits per heavy atom. The van der Waals surface area contributed by atoms with Crippen molar-refractivity contribution in [3.8, 4) is 11.5 Å². The van der Waals surface area contributed by atoms with Crippen LogP contribution in [0.3, 0.4) is 0 Å². The maximum Gasteiger partial charge on any atom is 0.131 e. The molecule has 1 heterocycles. The Kier molecular flexibility index (Phi) is 2.66. The number of phenolic OH excluding ortho intramolecular Hbond substituents is 1. The number of hydrogen-bond acceptors (Lipinski definition) is 2. The number of benzene rings is 1. The first-order valence-corrected chi connectivity index (χ1v) is 5.82. The topological polar surface area (TPSA) is 29.5 Å². The molecule has 16 heavy (non-hydrogen) atoms. The van der Waals surface area contributed by atoms with Gasteiger partial charge in [-0.2, -0.15) is 0 Å². The summed E-state index contributed by atoms with van der Waals surface area (Å²) in [5.41, 5.74) is 1.78. The zero-order chi connectivity index (χ0) is 11.8. The Balaban J connectivity index is 2.57. The maximum atomic E-state index is 9.88. The second-order valence-electron chi connectivity index (χ2n) is 4.44. The number of phenols is 1. The molecule has 1 aliphatic rings. The summed E-state index contributed by atoms with van der Waals surface area (Å²) in [6, 6.07) is 5.45. The molecular weight excluding hydrogens is 200 g/mol. The molecule has 1 unspecified atom stereocenters. The minimum Gasteiger partial charge on any atom is -0.507 e. The molecule has 1 N–H and O–H groups in total. The van der Waals surface area contributed by atoms with Crippen LogP contribution >= 0.6 is 0 Å². The highest BCUT2D eigenvalue weighted by Gasteiger charge is 2.29. The van der Waals surface area contributed by atoms with Crippen molar-refractivity contribution in [2.45, 2.75) is 39.2 Å². The molecule has 0 amide bonds. The molecule has 0 aliphatic carbocycles. The monoisotopic (exact) mass is 218 g/mol. The van der Waals surface area contributed by atoms with Gasteiger partial charge in [-0.25, -0.2) is 0 Å². The van der Waals surface area contributed by atoms with E-state index in [2.05, 4.69) is 26.8 Å². The highest BCUT2D eigenvalue weighted by atomic mass is 16.5. The highest BCUT2D eigenvalue weighted by molar-refractivity contribution is 5.77. The van der Waals surface area contributed by atoms with Gasteiger partial charge in [0.2, 0.25) is 0 Å². The fraction of sp³-hybridized carbons (Fsp3) is 0.429. The molecule has 1 aromatic rings. The van der Waals surface area contributed by atoms with Crippen molar-refractivity contribution in [2.75, 3.05) is 0 Å². The Bertz CT molecular complexity index is 434. The molecule has 2 nitrogen and oxygen atoms in total. The predicted octanol–water partition coefficient (Wildman–Crippen LogP) is 3.75. The van der Waals surface area contributed by atoms with E-state index < -0.39 is 0 Å². The Morgan fingerprint density at radius 2 is 2.06 bits per heavy atom. The second kappa shape index (κ2) is 3.85. The molecule has 1 aliphatic heterocycles. The molecule has 0 radical (unpaired) electrons. The molecule has 0 bridgehead atoms. The van der Waals surface area contributed by atoms with Crippen LogP contribution in [0, 0.1) is 0 Å². The number of allylic oxidation sites excluding steroid dienone is 1. The van der Waals surface area contributed by atoms with Gasteiger partial charge in [0, 0.05) is 0 Å². The van der Waals surface area contributed by atoms with Gasteiger partial charge in [-0.1, -0.05) is 19.9 Å². The van der Waals surface area contributed by atoms with E-state index in [1.807, 2.05) is 12.1 Å². The fourth-order valence-corrected chi connectivity index (χ4v) is 2.10. The maximum absolute atomic E-state index is 9.88. The van der Waals surface area contributed by atoms with E-state index in [4.69, 9.17) is 4.74 Å². The van der Waals surface area contributed by atoms with Crippen LogP contribution in [-0.2, 0) is 0 Å². The Labute approximate surface area is 96.6 Å². The molecule has 2 heteroatoms. The van der Waals surface area contributed by atoms with Crippen LogP contribution < -0.4 is 4.74 Å². The van der Waals surface area contributed by atoms with Gasteiger partial charge < -0.3 is 9.84 Å². The van der Waals surface area contributed by atoms with Crippen LogP contribution in [0.4, 0.5) is 0 Å². The van der Waals surface area contributed by atoms with Gasteiger partial charge in [0.25, 0.3) is 0 Å². The van der Waals surface area contributed by atoms with Gasteiger partial charge >= 0.3 is 0 Å². The minimum atomic E-state index is -0.244. The number of hydrogen-bond donors (Lipinski definition) is 1. The van der Waals surface area contributed by atoms with Gasteiger partial charge in [-0.05, 0) is 43.5 Å². The van der Waals surface area contributed by atoms with Crippen molar-refractivity contribution in [1.82, 2.24) is 0 Å². The van der Waals surface area contributed by atoms with Crippen LogP contribution in [0.1, 0.15) is 39.2 Å². The lowest BCUT2D eigenvalue weighted by molar-refractivity contribution is 0.131. The van der Waals surface area contributed by atoms with Crippen LogP contribution in [0.15, 0.2) is 24.3 Å². The molecule has 1 aromatic carbocycles. The lowest BCUT2D eigenvalue weighted by atomic mass is 9.90. The largest absolute Gasteiger partial charge is 0.507 e. The molecule has 0 saturated carbocycles. The first-order valence-electron chi connectivity index (χ1n) is 5.82. The second-order valence-corrected chi connectivity index (χ2v) is 4.44. The summed E-state index contributed by atoms with van der Waals surface area (Å²) in [5.74, 6) is 1.10. The number of fused-ring (bicyclic) bond motifs is 1. The van der Waals surface area contributed by atoms with Crippen molar-refractivity contribution < 1.29 is 9.84 Å². The summed E-state index contributed by atoms with van der Waals surface area (Å²) in [6.07, 6.45) is 3.96. The van der Waals surface area contributed by atoms with Crippen molar-refractivity contribution in [3.05, 3.63) is 29.8 Å². The molecule has 1 atom stereocenters. The van der Waals surface area contributed by atoms with Gasteiger partial charge in [-0.15, -0.1) is 0 Å². The summed E-state index contributed by atoms with van der Waals surface area (Å²) in [7, 11) is 0.